The summed E-state index contributed by atoms with van der Waals surface area (Å²) >= 11 is 18.2. The fourth-order valence-corrected chi connectivity index (χ4v) is 4.58. The van der Waals surface area contributed by atoms with E-state index in [1.54, 1.807) is 24.3 Å². The predicted molar refractivity (Wildman–Crippen MR) is 138 cm³/mol. The molecule has 2 aromatic carbocycles. The first-order valence-corrected chi connectivity index (χ1v) is 12.4. The third kappa shape index (κ3) is 7.54. The van der Waals surface area contributed by atoms with E-state index >= 15 is 0 Å². The number of carbonyl (C=O) groups excluding carboxylic acids is 2. The molecule has 8 nitrogen and oxygen atoms in total. The minimum Gasteiger partial charge on any atom is -0.496 e. The summed E-state index contributed by atoms with van der Waals surface area (Å²) in [5, 5.41) is 4.11. The van der Waals surface area contributed by atoms with Crippen molar-refractivity contribution in [1.29, 1.82) is 0 Å². The Morgan fingerprint density at radius 2 is 1.83 bits per heavy atom. The van der Waals surface area contributed by atoms with Gasteiger partial charge in [0.25, 0.3) is 5.91 Å². The van der Waals surface area contributed by atoms with Crippen LogP contribution < -0.4 is 21.5 Å². The molecule has 1 aliphatic heterocycles. The van der Waals surface area contributed by atoms with Gasteiger partial charge in [0.2, 0.25) is 0 Å². The van der Waals surface area contributed by atoms with Gasteiger partial charge in [-0.2, -0.15) is 0 Å². The van der Waals surface area contributed by atoms with Crippen molar-refractivity contribution in [3.05, 3.63) is 56.5 Å². The maximum absolute atomic E-state index is 12.7. The van der Waals surface area contributed by atoms with Crippen molar-refractivity contribution in [1.82, 2.24) is 10.2 Å². The molecule has 190 valence electrons. The molecule has 0 aromatic heterocycles. The number of carbonyl (C=O) groups is 2. The Kier molecular flexibility index (Phi) is 9.74. The average Bonchev–Trinajstić information content (AvgIpc) is 2.83. The highest BCUT2D eigenvalue weighted by atomic mass is 35.5. The summed E-state index contributed by atoms with van der Waals surface area (Å²) < 4.78 is 10.6. The number of piperidine rings is 1. The molecule has 11 heteroatoms. The molecule has 1 aliphatic rings. The number of halogens is 3. The lowest BCUT2D eigenvalue weighted by molar-refractivity contribution is 0.0841. The molecule has 1 unspecified atom stereocenters. The van der Waals surface area contributed by atoms with Crippen LogP contribution in [0.1, 0.15) is 41.3 Å². The summed E-state index contributed by atoms with van der Waals surface area (Å²) in [7, 11) is 1.48. The number of methoxy groups -OCH3 is 1. The normalized spacial score (nSPS) is 15.4. The van der Waals surface area contributed by atoms with Crippen molar-refractivity contribution >= 4 is 52.5 Å². The molecule has 0 aliphatic carbocycles. The van der Waals surface area contributed by atoms with Gasteiger partial charge in [-0.05, 0) is 55.6 Å². The smallest absolute Gasteiger partial charge is 0.405 e. The van der Waals surface area contributed by atoms with E-state index in [0.717, 1.165) is 38.0 Å². The molecule has 0 saturated carbocycles. The number of anilines is 1. The van der Waals surface area contributed by atoms with Crippen LogP contribution in [0.3, 0.4) is 0 Å². The lowest BCUT2D eigenvalue weighted by Crippen LogP contribution is -2.39. The van der Waals surface area contributed by atoms with Gasteiger partial charge in [0.15, 0.2) is 0 Å². The lowest BCUT2D eigenvalue weighted by Gasteiger charge is -2.33. The molecule has 1 saturated heterocycles. The van der Waals surface area contributed by atoms with Gasteiger partial charge in [-0.1, -0.05) is 40.9 Å². The van der Waals surface area contributed by atoms with Crippen LogP contribution in [0.25, 0.3) is 0 Å². The van der Waals surface area contributed by atoms with Crippen LogP contribution in [0, 0.1) is 5.92 Å². The Labute approximate surface area is 219 Å². The Balaban J connectivity index is 1.48. The molecule has 0 bridgehead atoms. The predicted octanol–water partition coefficient (Wildman–Crippen LogP) is 4.91. The highest BCUT2D eigenvalue weighted by Crippen LogP contribution is 2.30. The number of likely N-dealkylation sites (tertiary alicyclic amines) is 1. The number of nitrogens with one attached hydrogen (secondary N) is 1. The second-order valence-electron chi connectivity index (χ2n) is 8.46. The van der Waals surface area contributed by atoms with Crippen LogP contribution in [-0.2, 0) is 4.74 Å². The summed E-state index contributed by atoms with van der Waals surface area (Å²) in [6.07, 6.45) is 1.07. The van der Waals surface area contributed by atoms with E-state index in [2.05, 4.69) is 10.2 Å². The standard InChI is InChI=1S/C24H29Cl3N4O4/c1-34-22-12-20(28)19(27)11-16(22)23(32)30-13-14-4-7-31(8-5-14)9-6-21(35-24(29)33)15-2-3-17(25)18(26)10-15/h2-3,10-12,14,21H,4-9,13,28H2,1H3,(H2,29,33)(H,30,32). The van der Waals surface area contributed by atoms with Gasteiger partial charge in [-0.15, -0.1) is 0 Å². The van der Waals surface area contributed by atoms with Crippen LogP contribution in [0.5, 0.6) is 5.75 Å². The van der Waals surface area contributed by atoms with Crippen molar-refractivity contribution < 1.29 is 19.1 Å². The van der Waals surface area contributed by atoms with Crippen LogP contribution in [0.15, 0.2) is 30.3 Å². The highest BCUT2D eigenvalue weighted by Gasteiger charge is 2.23. The molecule has 5 N–H and O–H groups in total. The van der Waals surface area contributed by atoms with E-state index in [-0.39, 0.29) is 5.91 Å². The zero-order valence-corrected chi connectivity index (χ0v) is 21.6. The van der Waals surface area contributed by atoms with E-state index in [9.17, 15) is 9.59 Å². The van der Waals surface area contributed by atoms with Crippen LogP contribution in [0.2, 0.25) is 15.1 Å². The van der Waals surface area contributed by atoms with E-state index < -0.39 is 12.2 Å². The van der Waals surface area contributed by atoms with E-state index in [1.807, 2.05) is 0 Å². The molecule has 0 radical (unpaired) electrons. The molecule has 2 amide bonds. The molecular weight excluding hydrogens is 515 g/mol. The first-order valence-electron chi connectivity index (χ1n) is 11.2. The first-order chi connectivity index (χ1) is 16.7. The molecule has 1 fully saturated rings. The van der Waals surface area contributed by atoms with E-state index in [1.165, 1.54) is 13.2 Å². The van der Waals surface area contributed by atoms with Crippen LogP contribution >= 0.6 is 34.8 Å². The number of nitrogens with zero attached hydrogens (tertiary/aromatic N) is 1. The molecule has 35 heavy (non-hydrogen) atoms. The van der Waals surface area contributed by atoms with Crippen molar-refractivity contribution in [2.45, 2.75) is 25.4 Å². The number of nitrogen functional groups attached to an aromatic ring is 1. The van der Waals surface area contributed by atoms with E-state index in [0.29, 0.717) is 51.0 Å². The summed E-state index contributed by atoms with van der Waals surface area (Å²) in [6.45, 7) is 3.00. The second kappa shape index (κ2) is 12.5. The van der Waals surface area contributed by atoms with Gasteiger partial charge in [-0.3, -0.25) is 4.79 Å². The summed E-state index contributed by atoms with van der Waals surface area (Å²) in [5.74, 6) is 0.478. The number of amides is 2. The SMILES string of the molecule is COc1cc(N)c(Cl)cc1C(=O)NCC1CCN(CCC(OC(N)=O)c2ccc(Cl)c(Cl)c2)CC1. The quantitative estimate of drug-likeness (QED) is 0.387. The number of ether oxygens (including phenoxy) is 2. The Bertz CT molecular complexity index is 1060. The average molecular weight is 544 g/mol. The lowest BCUT2D eigenvalue weighted by atomic mass is 9.96. The molecule has 2 aromatic rings. The maximum atomic E-state index is 12.7. The maximum Gasteiger partial charge on any atom is 0.405 e. The third-order valence-corrected chi connectivity index (χ3v) is 7.17. The van der Waals surface area contributed by atoms with Crippen molar-refractivity contribution in [3.8, 4) is 5.75 Å². The summed E-state index contributed by atoms with van der Waals surface area (Å²) in [5.41, 5.74) is 12.5. The molecule has 1 atom stereocenters. The number of hydrogen-bond acceptors (Lipinski definition) is 6. The minimum atomic E-state index is -0.838. The number of hydrogen-bond donors (Lipinski definition) is 3. The van der Waals surface area contributed by atoms with Gasteiger partial charge in [0.1, 0.15) is 11.9 Å². The minimum absolute atomic E-state index is 0.251. The van der Waals surface area contributed by atoms with Crippen molar-refractivity contribution in [2.24, 2.45) is 11.7 Å². The molecule has 1 heterocycles. The van der Waals surface area contributed by atoms with Gasteiger partial charge in [-0.25, -0.2) is 4.79 Å². The fraction of sp³-hybridized carbons (Fsp3) is 0.417. The van der Waals surface area contributed by atoms with Crippen LogP contribution in [-0.4, -0.2) is 50.2 Å². The van der Waals surface area contributed by atoms with Gasteiger partial charge in [0.05, 0.1) is 33.4 Å². The molecular formula is C24H29Cl3N4O4. The number of rotatable bonds is 9. The topological polar surface area (TPSA) is 120 Å². The van der Waals surface area contributed by atoms with Crippen molar-refractivity contribution in [3.63, 3.8) is 0 Å². The van der Waals surface area contributed by atoms with Crippen LogP contribution in [0.4, 0.5) is 10.5 Å². The first kappa shape index (κ1) is 27.2. The van der Waals surface area contributed by atoms with Crippen molar-refractivity contribution in [2.75, 3.05) is 39.0 Å². The summed E-state index contributed by atoms with van der Waals surface area (Å²) in [4.78, 5) is 26.4. The molecule has 3 rings (SSSR count). The Morgan fingerprint density at radius 1 is 1.11 bits per heavy atom. The fourth-order valence-electron chi connectivity index (χ4n) is 4.11. The van der Waals surface area contributed by atoms with Gasteiger partial charge < -0.3 is 31.2 Å². The number of benzene rings is 2. The monoisotopic (exact) mass is 542 g/mol. The number of primary amides is 1. The number of nitrogens with two attached hydrogens (primary N) is 2. The van der Waals surface area contributed by atoms with Gasteiger partial charge in [0, 0.05) is 25.6 Å². The largest absolute Gasteiger partial charge is 0.496 e. The zero-order valence-electron chi connectivity index (χ0n) is 19.4. The Morgan fingerprint density at radius 3 is 2.46 bits per heavy atom. The second-order valence-corrected chi connectivity index (χ2v) is 9.68. The van der Waals surface area contributed by atoms with Gasteiger partial charge >= 0.3 is 6.09 Å². The summed E-state index contributed by atoms with van der Waals surface area (Å²) in [6, 6.07) is 8.20. The highest BCUT2D eigenvalue weighted by molar-refractivity contribution is 6.42. The third-order valence-electron chi connectivity index (χ3n) is 6.10. The molecule has 0 spiro atoms. The van der Waals surface area contributed by atoms with E-state index in [4.69, 9.17) is 55.7 Å². The Hall–Kier alpha value is -2.39. The zero-order chi connectivity index (χ0) is 25.5.